The maximum absolute atomic E-state index is 10.5. The molecule has 2 rings (SSSR count). The van der Waals surface area contributed by atoms with E-state index in [4.69, 9.17) is 4.74 Å². The third kappa shape index (κ3) is 1.71. The number of aliphatic imine (C=N–C) groups is 1. The molecule has 17 heavy (non-hydrogen) atoms. The number of aromatic hydroxyl groups is 1. The number of isocyanates is 1. The van der Waals surface area contributed by atoms with Crippen molar-refractivity contribution in [1.29, 1.82) is 0 Å². The highest BCUT2D eigenvalue weighted by atomic mass is 16.5. The van der Waals surface area contributed by atoms with Gasteiger partial charge in [-0.15, -0.1) is 0 Å². The number of rotatable bonds is 3. The molecule has 1 aromatic carbocycles. The highest BCUT2D eigenvalue weighted by Crippen LogP contribution is 2.53. The van der Waals surface area contributed by atoms with Crippen LogP contribution in [0.5, 0.6) is 11.5 Å². The van der Waals surface area contributed by atoms with Crippen molar-refractivity contribution >= 4 is 6.08 Å². The number of hydrogen-bond acceptors (Lipinski definition) is 4. The summed E-state index contributed by atoms with van der Waals surface area (Å²) in [4.78, 5) is 14.4. The molecular weight excluding hydrogens is 218 g/mol. The summed E-state index contributed by atoms with van der Waals surface area (Å²) in [5, 5.41) is 9.89. The summed E-state index contributed by atoms with van der Waals surface area (Å²) >= 11 is 0. The number of ether oxygens (including phenoxy) is 1. The number of methoxy groups -OCH3 is 1. The normalized spacial score (nSPS) is 16.2. The van der Waals surface area contributed by atoms with E-state index in [1.165, 1.54) is 7.11 Å². The molecule has 0 radical (unpaired) electrons. The lowest BCUT2D eigenvalue weighted by Crippen LogP contribution is -2.07. The van der Waals surface area contributed by atoms with Gasteiger partial charge in [-0.05, 0) is 43.9 Å². The van der Waals surface area contributed by atoms with Crippen LogP contribution in [0, 0.1) is 13.8 Å². The third-order valence-electron chi connectivity index (χ3n) is 3.38. The van der Waals surface area contributed by atoms with Gasteiger partial charge in [0, 0.05) is 5.56 Å². The molecular formula is C13H15NO3. The van der Waals surface area contributed by atoms with Crippen molar-refractivity contribution in [2.45, 2.75) is 32.2 Å². The molecule has 1 aliphatic carbocycles. The van der Waals surface area contributed by atoms with E-state index in [1.54, 1.807) is 6.08 Å². The van der Waals surface area contributed by atoms with Crippen LogP contribution in [0.3, 0.4) is 0 Å². The van der Waals surface area contributed by atoms with Crippen molar-refractivity contribution in [3.63, 3.8) is 0 Å². The van der Waals surface area contributed by atoms with Gasteiger partial charge in [-0.3, -0.25) is 0 Å². The molecule has 0 heterocycles. The average Bonchev–Trinajstić information content (AvgIpc) is 3.06. The minimum atomic E-state index is -0.433. The number of nitrogens with zero attached hydrogens (tertiary/aromatic N) is 1. The SMILES string of the molecule is COc1c(C)c(C2(N=C=O)CC2)cc(C)c1O. The summed E-state index contributed by atoms with van der Waals surface area (Å²) in [6, 6.07) is 1.88. The Morgan fingerprint density at radius 2 is 2.12 bits per heavy atom. The van der Waals surface area contributed by atoms with Crippen LogP contribution in [0.2, 0.25) is 0 Å². The molecule has 1 aromatic rings. The summed E-state index contributed by atoms with van der Waals surface area (Å²) in [7, 11) is 1.52. The first-order valence-corrected chi connectivity index (χ1v) is 5.52. The largest absolute Gasteiger partial charge is 0.504 e. The average molecular weight is 233 g/mol. The van der Waals surface area contributed by atoms with Gasteiger partial charge in [0.15, 0.2) is 11.5 Å². The molecule has 1 fully saturated rings. The second-order valence-electron chi connectivity index (χ2n) is 4.48. The number of phenolic OH excluding ortho intramolecular Hbond substituents is 1. The molecule has 0 saturated heterocycles. The molecule has 1 saturated carbocycles. The number of hydrogen-bond donors (Lipinski definition) is 1. The van der Waals surface area contributed by atoms with E-state index in [-0.39, 0.29) is 5.75 Å². The van der Waals surface area contributed by atoms with Crippen LogP contribution in [-0.2, 0) is 10.3 Å². The predicted octanol–water partition coefficient (Wildman–Crippen LogP) is 2.34. The van der Waals surface area contributed by atoms with Crippen molar-refractivity contribution in [2.24, 2.45) is 4.99 Å². The maximum Gasteiger partial charge on any atom is 0.235 e. The van der Waals surface area contributed by atoms with Gasteiger partial charge < -0.3 is 9.84 Å². The van der Waals surface area contributed by atoms with Crippen molar-refractivity contribution in [1.82, 2.24) is 0 Å². The minimum absolute atomic E-state index is 0.152. The summed E-state index contributed by atoms with van der Waals surface area (Å²) in [6.45, 7) is 3.68. The molecule has 0 atom stereocenters. The van der Waals surface area contributed by atoms with Gasteiger partial charge in [0.05, 0.1) is 12.6 Å². The topological polar surface area (TPSA) is 58.9 Å². The zero-order chi connectivity index (χ0) is 12.6. The fraction of sp³-hybridized carbons (Fsp3) is 0.462. The first kappa shape index (κ1) is 11.7. The van der Waals surface area contributed by atoms with E-state index in [1.807, 2.05) is 19.9 Å². The summed E-state index contributed by atoms with van der Waals surface area (Å²) in [5.41, 5.74) is 2.09. The molecule has 90 valence electrons. The van der Waals surface area contributed by atoms with Gasteiger partial charge in [-0.25, -0.2) is 4.79 Å². The second-order valence-corrected chi connectivity index (χ2v) is 4.48. The van der Waals surface area contributed by atoms with Crippen LogP contribution < -0.4 is 4.74 Å². The second kappa shape index (κ2) is 3.90. The van der Waals surface area contributed by atoms with Crippen LogP contribution in [0.1, 0.15) is 29.5 Å². The minimum Gasteiger partial charge on any atom is -0.504 e. The van der Waals surface area contributed by atoms with Gasteiger partial charge in [0.1, 0.15) is 0 Å². The molecule has 1 N–H and O–H groups in total. The standard InChI is InChI=1S/C13H15NO3/c1-8-6-10(13(4-5-13)14-7-15)9(2)12(17-3)11(8)16/h6,16H,4-5H2,1-3H3. The smallest absolute Gasteiger partial charge is 0.235 e. The molecule has 0 bridgehead atoms. The lowest BCUT2D eigenvalue weighted by Gasteiger charge is -2.17. The predicted molar refractivity (Wildman–Crippen MR) is 63.2 cm³/mol. The van der Waals surface area contributed by atoms with Gasteiger partial charge >= 0.3 is 0 Å². The van der Waals surface area contributed by atoms with Gasteiger partial charge in [-0.2, -0.15) is 4.99 Å². The van der Waals surface area contributed by atoms with Gasteiger partial charge in [0.2, 0.25) is 6.08 Å². The van der Waals surface area contributed by atoms with E-state index in [0.29, 0.717) is 5.75 Å². The quantitative estimate of drug-likeness (QED) is 0.644. The van der Waals surface area contributed by atoms with E-state index in [0.717, 1.165) is 29.5 Å². The van der Waals surface area contributed by atoms with Crippen LogP contribution in [0.4, 0.5) is 0 Å². The molecule has 0 aliphatic heterocycles. The van der Waals surface area contributed by atoms with Crippen molar-refractivity contribution in [3.8, 4) is 11.5 Å². The maximum atomic E-state index is 10.5. The zero-order valence-corrected chi connectivity index (χ0v) is 10.2. The summed E-state index contributed by atoms with van der Waals surface area (Å²) < 4.78 is 5.21. The van der Waals surface area contributed by atoms with Gasteiger partial charge in [-0.1, -0.05) is 0 Å². The summed E-state index contributed by atoms with van der Waals surface area (Å²) in [6.07, 6.45) is 3.33. The molecule has 0 spiro atoms. The lowest BCUT2D eigenvalue weighted by atomic mass is 9.95. The Morgan fingerprint density at radius 3 is 2.59 bits per heavy atom. The first-order valence-electron chi connectivity index (χ1n) is 5.52. The Hall–Kier alpha value is -1.80. The molecule has 1 aliphatic rings. The fourth-order valence-corrected chi connectivity index (χ4v) is 2.25. The van der Waals surface area contributed by atoms with E-state index < -0.39 is 5.54 Å². The van der Waals surface area contributed by atoms with E-state index in [9.17, 15) is 9.90 Å². The van der Waals surface area contributed by atoms with Crippen LogP contribution >= 0.6 is 0 Å². The lowest BCUT2D eigenvalue weighted by molar-refractivity contribution is 0.367. The highest BCUT2D eigenvalue weighted by Gasteiger charge is 2.46. The van der Waals surface area contributed by atoms with Crippen LogP contribution in [0.15, 0.2) is 11.1 Å². The molecule has 0 amide bonds. The van der Waals surface area contributed by atoms with Crippen molar-refractivity contribution < 1.29 is 14.6 Å². The molecule has 4 heteroatoms. The van der Waals surface area contributed by atoms with Crippen molar-refractivity contribution in [3.05, 3.63) is 22.8 Å². The number of carbonyl (C=O) groups excluding carboxylic acids is 1. The Balaban J connectivity index is 2.64. The fourth-order valence-electron chi connectivity index (χ4n) is 2.25. The van der Waals surface area contributed by atoms with E-state index >= 15 is 0 Å². The number of phenols is 1. The number of benzene rings is 1. The monoisotopic (exact) mass is 233 g/mol. The third-order valence-corrected chi connectivity index (χ3v) is 3.38. The van der Waals surface area contributed by atoms with Crippen molar-refractivity contribution in [2.75, 3.05) is 7.11 Å². The highest BCUT2D eigenvalue weighted by molar-refractivity contribution is 5.57. The molecule has 4 nitrogen and oxygen atoms in total. The Kier molecular flexibility index (Phi) is 2.68. The van der Waals surface area contributed by atoms with E-state index in [2.05, 4.69) is 4.99 Å². The van der Waals surface area contributed by atoms with Crippen LogP contribution in [-0.4, -0.2) is 18.3 Å². The van der Waals surface area contributed by atoms with Gasteiger partial charge in [0.25, 0.3) is 0 Å². The Labute approximate surface area is 99.9 Å². The summed E-state index contributed by atoms with van der Waals surface area (Å²) in [5.74, 6) is 0.618. The van der Waals surface area contributed by atoms with Crippen LogP contribution in [0.25, 0.3) is 0 Å². The number of aryl methyl sites for hydroxylation is 1. The first-order chi connectivity index (χ1) is 8.05. The Bertz CT molecular complexity index is 512. The molecule has 0 unspecified atom stereocenters. The molecule has 0 aromatic heterocycles. The Morgan fingerprint density at radius 1 is 1.47 bits per heavy atom. The zero-order valence-electron chi connectivity index (χ0n) is 10.2.